The van der Waals surface area contributed by atoms with Crippen LogP contribution in [0.3, 0.4) is 0 Å². The zero-order valence-electron chi connectivity index (χ0n) is 31.3. The normalized spacial score (nSPS) is 13.1. The fraction of sp³-hybridized carbons (Fsp3) is 0.0185. The number of pyridine rings is 1. The van der Waals surface area contributed by atoms with Crippen LogP contribution in [-0.2, 0) is 5.41 Å². The topological polar surface area (TPSA) is 47.9 Å². The number of hydrogen-bond donors (Lipinski definition) is 0. The Labute approximate surface area is 335 Å². The third-order valence-corrected chi connectivity index (χ3v) is 11.9. The van der Waals surface area contributed by atoms with E-state index in [1.807, 2.05) is 36.4 Å². The summed E-state index contributed by atoms with van der Waals surface area (Å²) in [7, 11) is 0. The molecule has 8 aromatic carbocycles. The molecule has 2 aliphatic rings. The molecule has 0 saturated carbocycles. The van der Waals surface area contributed by atoms with Gasteiger partial charge in [0.2, 0.25) is 0 Å². The molecule has 0 N–H and O–H groups in total. The third-order valence-electron chi connectivity index (χ3n) is 11.9. The second-order valence-electron chi connectivity index (χ2n) is 15.1. The minimum atomic E-state index is -0.571. The maximum atomic E-state index is 6.62. The first-order chi connectivity index (χ1) is 28.7. The first-order valence-corrected chi connectivity index (χ1v) is 19.7. The van der Waals surface area contributed by atoms with Gasteiger partial charge in [0.1, 0.15) is 11.5 Å². The Morgan fingerprint density at radius 1 is 0.345 bits per heavy atom. The molecule has 1 spiro atoms. The largest absolute Gasteiger partial charge is 0.457 e. The van der Waals surface area contributed by atoms with Crippen molar-refractivity contribution in [1.29, 1.82) is 0 Å². The van der Waals surface area contributed by atoms with Crippen LogP contribution in [0.1, 0.15) is 22.3 Å². The fourth-order valence-corrected chi connectivity index (χ4v) is 9.39. The van der Waals surface area contributed by atoms with Crippen molar-refractivity contribution >= 4 is 21.7 Å². The molecule has 0 saturated heterocycles. The van der Waals surface area contributed by atoms with Gasteiger partial charge in [-0.1, -0.05) is 164 Å². The summed E-state index contributed by atoms with van der Waals surface area (Å²) in [6, 6.07) is 70.6. The molecule has 12 rings (SSSR count). The van der Waals surface area contributed by atoms with Crippen LogP contribution in [0.15, 0.2) is 200 Å². The summed E-state index contributed by atoms with van der Waals surface area (Å²) in [6.07, 6.45) is 0. The SMILES string of the molecule is c1ccc(-c2cc(-c3ccc4c(c3)nc(-c3ccccc3)c3cc5c(cc34)-c3ccccc3C53c4ccccc4Oc4ccccc43)nc(-c3ccccc3)n2)cc1. The molecular formula is C54H33N3O. The lowest BCUT2D eigenvalue weighted by atomic mass is 9.66. The van der Waals surface area contributed by atoms with Gasteiger partial charge in [-0.15, -0.1) is 0 Å². The van der Waals surface area contributed by atoms with Gasteiger partial charge in [0.25, 0.3) is 0 Å². The maximum Gasteiger partial charge on any atom is 0.160 e. The molecule has 0 fully saturated rings. The van der Waals surface area contributed by atoms with Gasteiger partial charge in [-0.25, -0.2) is 15.0 Å². The third kappa shape index (κ3) is 4.79. The fourth-order valence-electron chi connectivity index (χ4n) is 9.39. The number of aromatic nitrogens is 3. The Morgan fingerprint density at radius 3 is 1.60 bits per heavy atom. The number of fused-ring (bicyclic) bond motifs is 12. The highest BCUT2D eigenvalue weighted by atomic mass is 16.5. The molecule has 4 nitrogen and oxygen atoms in total. The van der Waals surface area contributed by atoms with Crippen LogP contribution in [0.4, 0.5) is 0 Å². The molecule has 0 bridgehead atoms. The minimum absolute atomic E-state index is 0.571. The van der Waals surface area contributed by atoms with Crippen LogP contribution in [0, 0.1) is 0 Å². The highest BCUT2D eigenvalue weighted by Gasteiger charge is 2.51. The zero-order valence-corrected chi connectivity index (χ0v) is 31.3. The van der Waals surface area contributed by atoms with Crippen LogP contribution in [0.25, 0.3) is 78.0 Å². The van der Waals surface area contributed by atoms with Crippen molar-refractivity contribution in [1.82, 2.24) is 15.0 Å². The summed E-state index contributed by atoms with van der Waals surface area (Å²) >= 11 is 0. The van der Waals surface area contributed by atoms with E-state index in [0.29, 0.717) is 5.82 Å². The van der Waals surface area contributed by atoms with Crippen molar-refractivity contribution in [2.75, 3.05) is 0 Å². The standard InChI is InChI=1S/C54H33N3O/c1-4-16-34(17-5-1)47-33-48(57-53(56-47)36-20-8-3-9-21-36)37-28-29-39-40-31-41-38-22-10-11-23-43(38)54(44-24-12-14-26-50(44)58-51-27-15-13-25-45(51)54)46(41)32-42(40)52(55-49(39)30-37)35-18-6-2-7-19-35/h1-33H. The molecule has 4 heteroatoms. The average molecular weight is 740 g/mol. The van der Waals surface area contributed by atoms with Gasteiger partial charge >= 0.3 is 0 Å². The van der Waals surface area contributed by atoms with E-state index in [0.717, 1.165) is 83.6 Å². The smallest absolute Gasteiger partial charge is 0.160 e. The van der Waals surface area contributed by atoms with Gasteiger partial charge in [0, 0.05) is 44.2 Å². The summed E-state index contributed by atoms with van der Waals surface area (Å²) in [5, 5.41) is 3.36. The molecular weight excluding hydrogens is 707 g/mol. The molecule has 1 aliphatic carbocycles. The van der Waals surface area contributed by atoms with Crippen LogP contribution in [0.2, 0.25) is 0 Å². The van der Waals surface area contributed by atoms with Crippen LogP contribution < -0.4 is 4.74 Å². The lowest BCUT2D eigenvalue weighted by Gasteiger charge is -2.39. The number of benzene rings is 8. The number of para-hydroxylation sites is 2. The number of nitrogens with zero attached hydrogens (tertiary/aromatic N) is 3. The Kier molecular flexibility index (Phi) is 7.11. The zero-order chi connectivity index (χ0) is 38.2. The number of hydrogen-bond acceptors (Lipinski definition) is 4. The highest BCUT2D eigenvalue weighted by Crippen LogP contribution is 2.62. The molecule has 0 unspecified atom stereocenters. The van der Waals surface area contributed by atoms with Gasteiger partial charge in [0.15, 0.2) is 5.82 Å². The van der Waals surface area contributed by atoms with Crippen LogP contribution in [-0.4, -0.2) is 15.0 Å². The lowest BCUT2D eigenvalue weighted by Crippen LogP contribution is -2.32. The first-order valence-electron chi connectivity index (χ1n) is 19.7. The Bertz CT molecular complexity index is 3150. The molecule has 0 radical (unpaired) electrons. The van der Waals surface area contributed by atoms with Gasteiger partial charge in [-0.2, -0.15) is 0 Å². The molecule has 1 aliphatic heterocycles. The Morgan fingerprint density at radius 2 is 0.914 bits per heavy atom. The van der Waals surface area contributed by atoms with Gasteiger partial charge in [0.05, 0.1) is 28.0 Å². The van der Waals surface area contributed by atoms with E-state index in [2.05, 4.69) is 164 Å². The predicted molar refractivity (Wildman–Crippen MR) is 234 cm³/mol. The average Bonchev–Trinajstić information content (AvgIpc) is 3.58. The summed E-state index contributed by atoms with van der Waals surface area (Å²) in [6.45, 7) is 0. The highest BCUT2D eigenvalue weighted by molar-refractivity contribution is 6.14. The Hall–Kier alpha value is -7.69. The van der Waals surface area contributed by atoms with Crippen molar-refractivity contribution in [3.8, 4) is 67.8 Å². The van der Waals surface area contributed by atoms with E-state index in [1.165, 1.54) is 22.3 Å². The van der Waals surface area contributed by atoms with Crippen LogP contribution >= 0.6 is 0 Å². The molecule has 0 amide bonds. The van der Waals surface area contributed by atoms with E-state index >= 15 is 0 Å². The summed E-state index contributed by atoms with van der Waals surface area (Å²) in [4.78, 5) is 15.7. The van der Waals surface area contributed by atoms with E-state index in [-0.39, 0.29) is 0 Å². The number of ether oxygens (including phenoxy) is 1. The van der Waals surface area contributed by atoms with Crippen LogP contribution in [0.5, 0.6) is 11.5 Å². The van der Waals surface area contributed by atoms with Gasteiger partial charge in [-0.05, 0) is 64.0 Å². The number of rotatable bonds is 4. The van der Waals surface area contributed by atoms with Crippen molar-refractivity contribution in [3.05, 3.63) is 222 Å². The molecule has 3 heterocycles. The van der Waals surface area contributed by atoms with E-state index < -0.39 is 5.41 Å². The lowest BCUT2D eigenvalue weighted by molar-refractivity contribution is 0.436. The van der Waals surface area contributed by atoms with Gasteiger partial charge < -0.3 is 4.74 Å². The maximum absolute atomic E-state index is 6.62. The second kappa shape index (κ2) is 12.7. The van der Waals surface area contributed by atoms with Crippen molar-refractivity contribution in [3.63, 3.8) is 0 Å². The molecule has 2 aromatic heterocycles. The second-order valence-corrected chi connectivity index (χ2v) is 15.1. The first kappa shape index (κ1) is 32.5. The minimum Gasteiger partial charge on any atom is -0.457 e. The quantitative estimate of drug-likeness (QED) is 0.169. The van der Waals surface area contributed by atoms with Crippen molar-refractivity contribution < 1.29 is 4.74 Å². The van der Waals surface area contributed by atoms with E-state index in [9.17, 15) is 0 Å². The summed E-state index contributed by atoms with van der Waals surface area (Å²) in [5.74, 6) is 2.45. The molecule has 270 valence electrons. The monoisotopic (exact) mass is 739 g/mol. The summed E-state index contributed by atoms with van der Waals surface area (Å²) in [5.41, 5.74) is 14.3. The Balaban J connectivity index is 1.14. The van der Waals surface area contributed by atoms with E-state index in [4.69, 9.17) is 19.7 Å². The van der Waals surface area contributed by atoms with Gasteiger partial charge in [-0.3, -0.25) is 0 Å². The molecule has 0 atom stereocenters. The molecule has 58 heavy (non-hydrogen) atoms. The predicted octanol–water partition coefficient (Wildman–Crippen LogP) is 13.3. The van der Waals surface area contributed by atoms with Crippen molar-refractivity contribution in [2.45, 2.75) is 5.41 Å². The molecule has 10 aromatic rings. The van der Waals surface area contributed by atoms with E-state index in [1.54, 1.807) is 0 Å². The summed E-state index contributed by atoms with van der Waals surface area (Å²) < 4.78 is 6.62. The van der Waals surface area contributed by atoms with Crippen molar-refractivity contribution in [2.24, 2.45) is 0 Å².